The lowest BCUT2D eigenvalue weighted by Crippen LogP contribution is -2.23. The Hall–Kier alpha value is -6.90. The van der Waals surface area contributed by atoms with Gasteiger partial charge in [-0.1, -0.05) is 188 Å². The third-order valence-electron chi connectivity index (χ3n) is 10.6. The zero-order valence-electron chi connectivity index (χ0n) is 29.0. The molecule has 0 N–H and O–H groups in total. The lowest BCUT2D eigenvalue weighted by molar-refractivity contribution is 1.10. The van der Waals surface area contributed by atoms with Crippen molar-refractivity contribution in [1.82, 2.24) is 4.98 Å². The van der Waals surface area contributed by atoms with Gasteiger partial charge in [0, 0.05) is 27.3 Å². The highest BCUT2D eigenvalue weighted by molar-refractivity contribution is 6.18. The number of hydrogen-bond donors (Lipinski definition) is 0. The van der Waals surface area contributed by atoms with Crippen LogP contribution in [-0.2, 0) is 0 Å². The topological polar surface area (TPSA) is 25.2 Å². The van der Waals surface area contributed by atoms with Crippen molar-refractivity contribution in [2.75, 3.05) is 0 Å². The molecule has 10 rings (SSSR count). The Morgan fingerprint density at radius 2 is 0.925 bits per heavy atom. The molecule has 0 spiro atoms. The van der Waals surface area contributed by atoms with Crippen molar-refractivity contribution in [3.8, 4) is 33.6 Å². The fourth-order valence-corrected chi connectivity index (χ4v) is 8.01. The normalized spacial score (nSPS) is 14.8. The van der Waals surface area contributed by atoms with E-state index >= 15 is 0 Å². The SMILES string of the molecule is C1=C(c2ccccc2)C2C(=c3ccccc3=C2c2ccccc2)N=C1c1ccc(-c2ccc(-c3cc4ccccc4c(-c4ccccc4)n3)cc2)cc1. The molecule has 2 nitrogen and oxygen atoms in total. The fourth-order valence-electron chi connectivity index (χ4n) is 8.01. The highest BCUT2D eigenvalue weighted by Crippen LogP contribution is 2.43. The summed E-state index contributed by atoms with van der Waals surface area (Å²) in [6.07, 6.45) is 2.31. The van der Waals surface area contributed by atoms with E-state index < -0.39 is 0 Å². The molecule has 2 heteroatoms. The molecule has 0 saturated heterocycles. The molecule has 53 heavy (non-hydrogen) atoms. The molecule has 1 aliphatic carbocycles. The zero-order chi connectivity index (χ0) is 35.1. The highest BCUT2D eigenvalue weighted by Gasteiger charge is 2.34. The summed E-state index contributed by atoms with van der Waals surface area (Å²) in [7, 11) is 0. The molecule has 0 fully saturated rings. The quantitative estimate of drug-likeness (QED) is 0.172. The van der Waals surface area contributed by atoms with Crippen molar-refractivity contribution in [2.24, 2.45) is 10.9 Å². The van der Waals surface area contributed by atoms with Gasteiger partial charge in [-0.05, 0) is 56.1 Å². The number of rotatable bonds is 6. The molecule has 248 valence electrons. The third kappa shape index (κ3) is 5.53. The maximum absolute atomic E-state index is 5.43. The number of fused-ring (bicyclic) bond motifs is 3. The van der Waals surface area contributed by atoms with Gasteiger partial charge in [-0.25, -0.2) is 4.98 Å². The Bertz CT molecular complexity index is 2830. The highest BCUT2D eigenvalue weighted by atomic mass is 14.8. The largest absolute Gasteiger partial charge is 0.251 e. The van der Waals surface area contributed by atoms with E-state index in [1.807, 2.05) is 6.07 Å². The molecule has 0 amide bonds. The van der Waals surface area contributed by atoms with Crippen LogP contribution in [0.3, 0.4) is 0 Å². The molecule has 2 aliphatic rings. The second-order valence-corrected chi connectivity index (χ2v) is 13.7. The van der Waals surface area contributed by atoms with Gasteiger partial charge in [-0.15, -0.1) is 0 Å². The Kier molecular flexibility index (Phi) is 7.58. The number of dihydropyridines is 1. The molecule has 1 atom stereocenters. The van der Waals surface area contributed by atoms with Crippen molar-refractivity contribution in [2.45, 2.75) is 0 Å². The number of benzene rings is 7. The van der Waals surface area contributed by atoms with E-state index in [1.165, 1.54) is 38.1 Å². The van der Waals surface area contributed by atoms with Crippen molar-refractivity contribution >= 4 is 33.3 Å². The minimum Gasteiger partial charge on any atom is -0.251 e. The molecular formula is C51H34N2. The van der Waals surface area contributed by atoms with Crippen LogP contribution in [0.25, 0.3) is 61.3 Å². The first-order valence-corrected chi connectivity index (χ1v) is 18.2. The minimum atomic E-state index is 0.0552. The van der Waals surface area contributed by atoms with Crippen LogP contribution in [0, 0.1) is 5.92 Å². The van der Waals surface area contributed by atoms with Crippen molar-refractivity contribution < 1.29 is 0 Å². The second kappa shape index (κ2) is 13.0. The predicted octanol–water partition coefficient (Wildman–Crippen LogP) is 10.8. The standard InChI is InChI=1S/C51H34N2/c1-4-14-36(15-5-1)45-33-47(53-51-44-23-13-12-22-43(44)48(49(45)51)39-16-6-2-7-17-39)38-30-26-35(27-31-38)34-24-28-37(29-25-34)46-32-41-20-10-11-21-42(41)50(52-46)40-18-8-3-9-19-40/h1-33,49H. The first-order chi connectivity index (χ1) is 26.3. The fraction of sp³-hybridized carbons (Fsp3) is 0.0196. The van der Waals surface area contributed by atoms with Crippen LogP contribution >= 0.6 is 0 Å². The summed E-state index contributed by atoms with van der Waals surface area (Å²) in [5, 5.41) is 4.82. The van der Waals surface area contributed by atoms with E-state index in [4.69, 9.17) is 9.98 Å². The smallest absolute Gasteiger partial charge is 0.0787 e. The lowest BCUT2D eigenvalue weighted by atomic mass is 9.80. The van der Waals surface area contributed by atoms with Crippen LogP contribution in [0.5, 0.6) is 0 Å². The van der Waals surface area contributed by atoms with Crippen molar-refractivity contribution in [1.29, 1.82) is 0 Å². The second-order valence-electron chi connectivity index (χ2n) is 13.7. The van der Waals surface area contributed by atoms with E-state index in [1.54, 1.807) is 0 Å². The lowest BCUT2D eigenvalue weighted by Gasteiger charge is -2.26. The number of hydrogen-bond acceptors (Lipinski definition) is 2. The Balaban J connectivity index is 1.01. The molecular weight excluding hydrogens is 641 g/mol. The number of pyridine rings is 1. The van der Waals surface area contributed by atoms with E-state index in [0.717, 1.165) is 56.0 Å². The maximum Gasteiger partial charge on any atom is 0.0787 e. The maximum atomic E-state index is 5.43. The predicted molar refractivity (Wildman–Crippen MR) is 221 cm³/mol. The molecule has 1 unspecified atom stereocenters. The van der Waals surface area contributed by atoms with Gasteiger partial charge in [0.1, 0.15) is 0 Å². The summed E-state index contributed by atoms with van der Waals surface area (Å²) in [5.41, 5.74) is 14.8. The Morgan fingerprint density at radius 1 is 0.396 bits per heavy atom. The summed E-state index contributed by atoms with van der Waals surface area (Å²) in [6.45, 7) is 0. The van der Waals surface area contributed by atoms with Gasteiger partial charge in [0.05, 0.1) is 28.7 Å². The average molecular weight is 675 g/mol. The van der Waals surface area contributed by atoms with Gasteiger partial charge < -0.3 is 0 Å². The first-order valence-electron chi connectivity index (χ1n) is 18.2. The summed E-state index contributed by atoms with van der Waals surface area (Å²) < 4.78 is 0. The minimum absolute atomic E-state index is 0.0552. The van der Waals surface area contributed by atoms with Crippen LogP contribution in [0.2, 0.25) is 0 Å². The van der Waals surface area contributed by atoms with Gasteiger partial charge in [0.25, 0.3) is 0 Å². The molecule has 8 aromatic rings. The van der Waals surface area contributed by atoms with Gasteiger partial charge >= 0.3 is 0 Å². The zero-order valence-corrected chi connectivity index (χ0v) is 29.0. The van der Waals surface area contributed by atoms with E-state index in [9.17, 15) is 0 Å². The number of aromatic nitrogens is 1. The molecule has 0 saturated carbocycles. The van der Waals surface area contributed by atoms with Crippen molar-refractivity contribution in [3.05, 3.63) is 227 Å². The molecule has 7 aromatic carbocycles. The van der Waals surface area contributed by atoms with Crippen LogP contribution in [0.4, 0.5) is 0 Å². The molecule has 0 bridgehead atoms. The Morgan fingerprint density at radius 3 is 1.60 bits per heavy atom. The van der Waals surface area contributed by atoms with Crippen LogP contribution < -0.4 is 10.4 Å². The van der Waals surface area contributed by atoms with Crippen LogP contribution in [0.15, 0.2) is 205 Å². The van der Waals surface area contributed by atoms with Gasteiger partial charge in [0.15, 0.2) is 0 Å². The summed E-state index contributed by atoms with van der Waals surface area (Å²) in [5.74, 6) is 0.0552. The monoisotopic (exact) mass is 674 g/mol. The molecule has 1 aromatic heterocycles. The number of nitrogens with zero attached hydrogens (tertiary/aromatic N) is 2. The number of aliphatic imine (C=N–C) groups is 1. The van der Waals surface area contributed by atoms with E-state index in [2.05, 4.69) is 194 Å². The molecule has 0 radical (unpaired) electrons. The van der Waals surface area contributed by atoms with Gasteiger partial charge in [-0.2, -0.15) is 0 Å². The van der Waals surface area contributed by atoms with E-state index in [0.29, 0.717) is 0 Å². The summed E-state index contributed by atoms with van der Waals surface area (Å²) >= 11 is 0. The summed E-state index contributed by atoms with van der Waals surface area (Å²) in [6, 6.07) is 69.1. The van der Waals surface area contributed by atoms with Gasteiger partial charge in [0.2, 0.25) is 0 Å². The average Bonchev–Trinajstić information content (AvgIpc) is 3.58. The molecule has 1 aliphatic heterocycles. The van der Waals surface area contributed by atoms with Crippen LogP contribution in [0.1, 0.15) is 16.7 Å². The third-order valence-corrected chi connectivity index (χ3v) is 10.6. The first kappa shape index (κ1) is 30.9. The molecule has 2 heterocycles. The van der Waals surface area contributed by atoms with Crippen LogP contribution in [-0.4, -0.2) is 10.7 Å². The van der Waals surface area contributed by atoms with E-state index in [-0.39, 0.29) is 5.92 Å². The summed E-state index contributed by atoms with van der Waals surface area (Å²) in [4.78, 5) is 10.6. The number of allylic oxidation sites excluding steroid dienone is 1. The van der Waals surface area contributed by atoms with Gasteiger partial charge in [-0.3, -0.25) is 4.99 Å². The van der Waals surface area contributed by atoms with Crippen molar-refractivity contribution in [3.63, 3.8) is 0 Å². The Labute approximate surface area is 309 Å².